The minimum Gasteiger partial charge on any atom is -0.481 e. The third kappa shape index (κ3) is 23.9. The molecule has 0 atom stereocenters. The van der Waals surface area contributed by atoms with E-state index >= 15 is 0 Å². The molecule has 138 valence electrons. The van der Waals surface area contributed by atoms with Gasteiger partial charge in [0.1, 0.15) is 0 Å². The largest absolute Gasteiger partial charge is 0.481 e. The van der Waals surface area contributed by atoms with Crippen LogP contribution in [0.3, 0.4) is 0 Å². The van der Waals surface area contributed by atoms with E-state index in [1.54, 1.807) is 0 Å². The molecule has 0 aliphatic carbocycles. The first-order valence-corrected chi connectivity index (χ1v) is 9.99. The summed E-state index contributed by atoms with van der Waals surface area (Å²) in [5, 5.41) is 8.54. The summed E-state index contributed by atoms with van der Waals surface area (Å²) in [7, 11) is 0. The Morgan fingerprint density at radius 3 is 1.09 bits per heavy atom. The zero-order chi connectivity index (χ0) is 16.3. The predicted octanol–water partition coefficient (Wildman–Crippen LogP) is 5.93. The Balaban J connectivity index is 0. The first-order chi connectivity index (χ1) is 10.8. The van der Waals surface area contributed by atoms with Gasteiger partial charge in [-0.25, -0.2) is 0 Å². The lowest BCUT2D eigenvalue weighted by molar-refractivity contribution is -0.137. The number of rotatable bonds is 18. The average Bonchev–Trinajstić information content (AvgIpc) is 2.50. The maximum Gasteiger partial charge on any atom is 0.303 e. The smallest absolute Gasteiger partial charge is 0.303 e. The minimum atomic E-state index is -0.652. The molecule has 0 amide bonds. The molecule has 0 fully saturated rings. The molecule has 23 heavy (non-hydrogen) atoms. The van der Waals surface area contributed by atoms with Gasteiger partial charge in [0.2, 0.25) is 0 Å². The van der Waals surface area contributed by atoms with Crippen molar-refractivity contribution in [2.24, 2.45) is 0 Å². The predicted molar refractivity (Wildman–Crippen MR) is 106 cm³/mol. The number of carbonyl (C=O) groups is 1. The monoisotopic (exact) mass is 326 g/mol. The van der Waals surface area contributed by atoms with Crippen LogP contribution in [0.2, 0.25) is 0 Å². The standard InChI is InChI=1S/C20H40O2.BH3/c1-2-3-4-5-6-7-8-9-10-11-12-13-14-15-16-17-18-19-20(21)22;/h2-19H2,1H3,(H,21,22);1H3. The lowest BCUT2D eigenvalue weighted by atomic mass is 10.0. The summed E-state index contributed by atoms with van der Waals surface area (Å²) in [6.45, 7) is 2.28. The van der Waals surface area contributed by atoms with E-state index in [1.165, 1.54) is 96.3 Å². The van der Waals surface area contributed by atoms with Crippen molar-refractivity contribution in [2.45, 2.75) is 122 Å². The Kier molecular flexibility index (Phi) is 23.2. The summed E-state index contributed by atoms with van der Waals surface area (Å²) in [5.74, 6) is -0.652. The SMILES string of the molecule is B.CCCCCCCCCCCCCCCCCCCC(=O)O. The molecule has 0 unspecified atom stereocenters. The molecule has 0 bridgehead atoms. The third-order valence-corrected chi connectivity index (χ3v) is 4.49. The second kappa shape index (κ2) is 21.5. The number of unbranched alkanes of at least 4 members (excludes halogenated alkanes) is 16. The Bertz CT molecular complexity index is 232. The fraction of sp³-hybridized carbons (Fsp3) is 0.950. The first-order valence-electron chi connectivity index (χ1n) is 9.99. The normalized spacial score (nSPS) is 10.5. The summed E-state index contributed by atoms with van der Waals surface area (Å²) in [5.41, 5.74) is 0. The van der Waals surface area contributed by atoms with Gasteiger partial charge in [-0.1, -0.05) is 110 Å². The zero-order valence-corrected chi connectivity index (χ0v) is 15.1. The van der Waals surface area contributed by atoms with Crippen LogP contribution < -0.4 is 0 Å². The van der Waals surface area contributed by atoms with Crippen LogP contribution in [0.25, 0.3) is 0 Å². The molecule has 0 rings (SSSR count). The van der Waals surface area contributed by atoms with Gasteiger partial charge in [-0.2, -0.15) is 0 Å². The van der Waals surface area contributed by atoms with Crippen LogP contribution in [-0.4, -0.2) is 19.5 Å². The highest BCUT2D eigenvalue weighted by Gasteiger charge is 1.97. The van der Waals surface area contributed by atoms with Crippen LogP contribution >= 0.6 is 0 Å². The highest BCUT2D eigenvalue weighted by molar-refractivity contribution is 5.75. The molecule has 0 aliphatic rings. The first kappa shape index (κ1) is 24.8. The van der Waals surface area contributed by atoms with Gasteiger partial charge >= 0.3 is 5.97 Å². The van der Waals surface area contributed by atoms with Gasteiger partial charge in [-0.3, -0.25) is 4.79 Å². The van der Waals surface area contributed by atoms with Crippen LogP contribution in [0.4, 0.5) is 0 Å². The van der Waals surface area contributed by atoms with Crippen LogP contribution in [0.5, 0.6) is 0 Å². The van der Waals surface area contributed by atoms with E-state index in [9.17, 15) is 4.79 Å². The highest BCUT2D eigenvalue weighted by atomic mass is 16.4. The maximum absolute atomic E-state index is 10.4. The molecule has 0 aromatic heterocycles. The van der Waals surface area contributed by atoms with Gasteiger partial charge in [0, 0.05) is 6.42 Å². The summed E-state index contributed by atoms with van der Waals surface area (Å²) < 4.78 is 0. The molecule has 0 spiro atoms. The van der Waals surface area contributed by atoms with Crippen molar-refractivity contribution in [1.29, 1.82) is 0 Å². The number of aliphatic carboxylic acids is 1. The molecule has 0 saturated carbocycles. The molecule has 2 nitrogen and oxygen atoms in total. The van der Waals surface area contributed by atoms with Gasteiger partial charge in [0.05, 0.1) is 8.41 Å². The molecule has 0 aromatic rings. The summed E-state index contributed by atoms with van der Waals surface area (Å²) in [6, 6.07) is 0. The van der Waals surface area contributed by atoms with Crippen molar-refractivity contribution in [1.82, 2.24) is 0 Å². The molecule has 0 heterocycles. The lowest BCUT2D eigenvalue weighted by Gasteiger charge is -2.03. The molecule has 0 radical (unpaired) electrons. The van der Waals surface area contributed by atoms with Crippen LogP contribution in [-0.2, 0) is 4.79 Å². The Morgan fingerprint density at radius 2 is 0.826 bits per heavy atom. The van der Waals surface area contributed by atoms with Crippen molar-refractivity contribution < 1.29 is 9.90 Å². The topological polar surface area (TPSA) is 37.3 Å². The fourth-order valence-electron chi connectivity index (χ4n) is 3.00. The lowest BCUT2D eigenvalue weighted by Crippen LogP contribution is -1.93. The highest BCUT2D eigenvalue weighted by Crippen LogP contribution is 2.14. The van der Waals surface area contributed by atoms with E-state index in [-0.39, 0.29) is 8.41 Å². The van der Waals surface area contributed by atoms with E-state index in [1.807, 2.05) is 0 Å². The summed E-state index contributed by atoms with van der Waals surface area (Å²) >= 11 is 0. The van der Waals surface area contributed by atoms with Crippen LogP contribution in [0.15, 0.2) is 0 Å². The molecule has 0 aromatic carbocycles. The molecule has 3 heteroatoms. The maximum atomic E-state index is 10.4. The van der Waals surface area contributed by atoms with E-state index < -0.39 is 5.97 Å². The van der Waals surface area contributed by atoms with Crippen molar-refractivity contribution in [3.8, 4) is 0 Å². The third-order valence-electron chi connectivity index (χ3n) is 4.49. The molecular weight excluding hydrogens is 283 g/mol. The van der Waals surface area contributed by atoms with Crippen molar-refractivity contribution in [3.05, 3.63) is 0 Å². The number of hydrogen-bond donors (Lipinski definition) is 1. The van der Waals surface area contributed by atoms with Crippen LogP contribution in [0.1, 0.15) is 122 Å². The van der Waals surface area contributed by atoms with Crippen molar-refractivity contribution in [2.75, 3.05) is 0 Å². The second-order valence-electron chi connectivity index (χ2n) is 6.80. The van der Waals surface area contributed by atoms with E-state index in [0.717, 1.165) is 12.8 Å². The Labute approximate surface area is 147 Å². The fourth-order valence-corrected chi connectivity index (χ4v) is 3.00. The van der Waals surface area contributed by atoms with Gasteiger partial charge < -0.3 is 5.11 Å². The molecule has 0 saturated heterocycles. The minimum absolute atomic E-state index is 0. The van der Waals surface area contributed by atoms with E-state index in [0.29, 0.717) is 6.42 Å². The molecule has 0 aliphatic heterocycles. The molecule has 1 N–H and O–H groups in total. The van der Waals surface area contributed by atoms with Crippen LogP contribution in [0, 0.1) is 0 Å². The van der Waals surface area contributed by atoms with Gasteiger partial charge in [0.15, 0.2) is 0 Å². The van der Waals surface area contributed by atoms with Gasteiger partial charge in [0.25, 0.3) is 0 Å². The van der Waals surface area contributed by atoms with Gasteiger partial charge in [-0.05, 0) is 6.42 Å². The Hall–Kier alpha value is -0.465. The average molecular weight is 326 g/mol. The summed E-state index contributed by atoms with van der Waals surface area (Å²) in [6.07, 6.45) is 23.1. The van der Waals surface area contributed by atoms with Gasteiger partial charge in [-0.15, -0.1) is 0 Å². The Morgan fingerprint density at radius 1 is 0.565 bits per heavy atom. The zero-order valence-electron chi connectivity index (χ0n) is 15.1. The van der Waals surface area contributed by atoms with Crippen molar-refractivity contribution >= 4 is 14.4 Å². The number of carboxylic acids is 1. The number of hydrogen-bond acceptors (Lipinski definition) is 1. The quantitative estimate of drug-likeness (QED) is 0.250. The molecular formula is C20H43BO2. The number of carboxylic acid groups (broad SMARTS) is 1. The van der Waals surface area contributed by atoms with E-state index in [2.05, 4.69) is 6.92 Å². The van der Waals surface area contributed by atoms with E-state index in [4.69, 9.17) is 5.11 Å². The van der Waals surface area contributed by atoms with Crippen molar-refractivity contribution in [3.63, 3.8) is 0 Å². The second-order valence-corrected chi connectivity index (χ2v) is 6.80. The summed E-state index contributed by atoms with van der Waals surface area (Å²) in [4.78, 5) is 10.4.